The quantitative estimate of drug-likeness (QED) is 0.0577. The average molecular weight is 724 g/mol. The summed E-state index contributed by atoms with van der Waals surface area (Å²) < 4.78 is 52.8. The van der Waals surface area contributed by atoms with Crippen LogP contribution in [0.1, 0.15) is 29.7 Å². The van der Waals surface area contributed by atoms with Gasteiger partial charge >= 0.3 is 15.6 Å². The molecule has 10 N–H and O–H groups in total. The Morgan fingerprint density at radius 3 is 2.32 bits per heavy atom. The third kappa shape index (κ3) is 7.69. The zero-order chi connectivity index (χ0) is 34.3. The van der Waals surface area contributed by atoms with Crippen molar-refractivity contribution in [2.45, 2.75) is 61.2 Å². The van der Waals surface area contributed by atoms with Crippen LogP contribution in [0.2, 0.25) is 0 Å². The summed E-state index contributed by atoms with van der Waals surface area (Å²) in [5, 5.41) is 42.6. The molecule has 2 fully saturated rings. The number of imidazole rings is 1. The molecule has 0 aromatic carbocycles. The zero-order valence-electron chi connectivity index (χ0n) is 24.4. The van der Waals surface area contributed by atoms with Gasteiger partial charge in [-0.25, -0.2) is 19.1 Å². The fourth-order valence-corrected chi connectivity index (χ4v) is 7.79. The van der Waals surface area contributed by atoms with E-state index in [9.17, 15) is 44.1 Å². The van der Waals surface area contributed by atoms with Gasteiger partial charge in [-0.05, 0) is 17.9 Å². The van der Waals surface area contributed by atoms with Crippen LogP contribution < -0.4 is 16.0 Å². The van der Waals surface area contributed by atoms with Crippen LogP contribution >= 0.6 is 27.4 Å². The number of aromatic nitrogens is 4. The SMILES string of the molecule is CCSc1nc2c(N)ccnc2n1[C@@H]1O[C@H](COP(=O)(O)OP(=O)(O)OC[C@H]2O[C@@H]([n+]3cccc(C(N)=O)c3)C(O)C2O)[C@H](O)C1O. The zero-order valence-corrected chi connectivity index (χ0v) is 27.0. The molecule has 258 valence electrons. The Labute approximate surface area is 270 Å². The molecule has 23 heteroatoms. The third-order valence-electron chi connectivity index (χ3n) is 7.19. The average Bonchev–Trinajstić information content (AvgIpc) is 3.62. The van der Waals surface area contributed by atoms with Crippen molar-refractivity contribution in [3.8, 4) is 0 Å². The van der Waals surface area contributed by atoms with Gasteiger partial charge in [-0.15, -0.1) is 0 Å². The molecule has 0 saturated carbocycles. The first-order chi connectivity index (χ1) is 22.1. The predicted molar refractivity (Wildman–Crippen MR) is 158 cm³/mol. The van der Waals surface area contributed by atoms with Gasteiger partial charge in [0.25, 0.3) is 12.1 Å². The van der Waals surface area contributed by atoms with E-state index < -0.39 is 83.8 Å². The molecule has 3 aromatic heterocycles. The van der Waals surface area contributed by atoms with Gasteiger partial charge in [-0.3, -0.25) is 18.4 Å². The Bertz CT molecular complexity index is 1720. The van der Waals surface area contributed by atoms with Crippen LogP contribution in [0, 0.1) is 0 Å². The molecule has 47 heavy (non-hydrogen) atoms. The van der Waals surface area contributed by atoms with Crippen LogP contribution in [-0.2, 0) is 32.0 Å². The van der Waals surface area contributed by atoms with Crippen LogP contribution in [0.4, 0.5) is 5.69 Å². The van der Waals surface area contributed by atoms with E-state index in [1.165, 1.54) is 57.7 Å². The molecule has 3 aromatic rings. The van der Waals surface area contributed by atoms with Crippen molar-refractivity contribution in [2.75, 3.05) is 24.7 Å². The summed E-state index contributed by atoms with van der Waals surface area (Å²) >= 11 is 1.28. The van der Waals surface area contributed by atoms with Crippen molar-refractivity contribution in [3.05, 3.63) is 42.4 Å². The molecule has 2 saturated heterocycles. The Kier molecular flexibility index (Phi) is 10.7. The fourth-order valence-electron chi connectivity index (χ4n) is 4.95. The number of nitrogens with two attached hydrogens (primary N) is 2. The number of primary amides is 1. The maximum Gasteiger partial charge on any atom is 0.481 e. The summed E-state index contributed by atoms with van der Waals surface area (Å²) in [6, 6.07) is 4.38. The Hall–Kier alpha value is -2.59. The number of hydrogen-bond acceptors (Lipinski definition) is 16. The van der Waals surface area contributed by atoms with Crippen LogP contribution in [0.5, 0.6) is 0 Å². The van der Waals surface area contributed by atoms with Gasteiger partial charge in [0.05, 0.1) is 18.9 Å². The van der Waals surface area contributed by atoms with E-state index in [4.69, 9.17) is 30.0 Å². The number of phosphoric ester groups is 2. The molecule has 1 amide bonds. The third-order valence-corrected chi connectivity index (χ3v) is 10.6. The second-order valence-corrected chi connectivity index (χ2v) is 14.7. The number of nitrogen functional groups attached to an aromatic ring is 1. The predicted octanol–water partition coefficient (Wildman–Crippen LogP) is -1.30. The molecular weight excluding hydrogens is 690 g/mol. The number of amides is 1. The lowest BCUT2D eigenvalue weighted by atomic mass is 10.1. The molecule has 20 nitrogen and oxygen atoms in total. The van der Waals surface area contributed by atoms with E-state index in [1.807, 2.05) is 6.92 Å². The number of thioether (sulfide) groups is 1. The maximum atomic E-state index is 12.6. The van der Waals surface area contributed by atoms with E-state index in [-0.39, 0.29) is 11.2 Å². The Morgan fingerprint density at radius 1 is 1.04 bits per heavy atom. The highest BCUT2D eigenvalue weighted by molar-refractivity contribution is 7.99. The fraction of sp³-hybridized carbons (Fsp3) is 0.500. The number of nitrogens with zero attached hydrogens (tertiary/aromatic N) is 4. The highest BCUT2D eigenvalue weighted by Crippen LogP contribution is 2.60. The number of pyridine rings is 2. The van der Waals surface area contributed by atoms with Crippen LogP contribution in [-0.4, -0.2) is 106 Å². The highest BCUT2D eigenvalue weighted by Gasteiger charge is 2.50. The minimum absolute atomic E-state index is 0.0719. The molecule has 5 rings (SSSR count). The number of carbonyl (C=O) groups excluding carboxylic acids is 1. The van der Waals surface area contributed by atoms with Gasteiger partial charge in [0.2, 0.25) is 0 Å². The molecule has 0 aliphatic carbocycles. The van der Waals surface area contributed by atoms with Crippen molar-refractivity contribution in [1.29, 1.82) is 0 Å². The molecule has 0 spiro atoms. The van der Waals surface area contributed by atoms with Gasteiger partial charge in [0.15, 0.2) is 35.5 Å². The minimum Gasteiger partial charge on any atom is -0.397 e. The van der Waals surface area contributed by atoms with Crippen LogP contribution in [0.3, 0.4) is 0 Å². The van der Waals surface area contributed by atoms with Crippen molar-refractivity contribution in [1.82, 2.24) is 14.5 Å². The molecule has 5 unspecified atom stereocenters. The van der Waals surface area contributed by atoms with Crippen molar-refractivity contribution in [3.63, 3.8) is 0 Å². The molecule has 0 bridgehead atoms. The van der Waals surface area contributed by atoms with Gasteiger partial charge in [-0.1, -0.05) is 18.7 Å². The molecule has 0 radical (unpaired) electrons. The number of anilines is 1. The first-order valence-corrected chi connectivity index (χ1v) is 17.8. The number of aliphatic hydroxyl groups is 4. The summed E-state index contributed by atoms with van der Waals surface area (Å²) in [7, 11) is -10.8. The smallest absolute Gasteiger partial charge is 0.397 e. The summed E-state index contributed by atoms with van der Waals surface area (Å²) in [5.41, 5.74) is 12.2. The molecule has 10 atom stereocenters. The van der Waals surface area contributed by atoms with E-state index in [0.717, 1.165) is 0 Å². The van der Waals surface area contributed by atoms with Crippen molar-refractivity contribution in [2.24, 2.45) is 5.73 Å². The largest absolute Gasteiger partial charge is 0.481 e. The molecule has 2 aliphatic rings. The van der Waals surface area contributed by atoms with Gasteiger partial charge in [0.1, 0.15) is 41.6 Å². The highest BCUT2D eigenvalue weighted by atomic mass is 32.2. The first-order valence-electron chi connectivity index (χ1n) is 13.9. The Balaban J connectivity index is 1.19. The lowest BCUT2D eigenvalue weighted by Gasteiger charge is -2.20. The van der Waals surface area contributed by atoms with E-state index in [1.54, 1.807) is 0 Å². The molecule has 2 aliphatic heterocycles. The number of hydrogen-bond donors (Lipinski definition) is 8. The molecule has 5 heterocycles. The van der Waals surface area contributed by atoms with Gasteiger partial charge < -0.3 is 51.2 Å². The monoisotopic (exact) mass is 723 g/mol. The maximum absolute atomic E-state index is 12.6. The summed E-state index contributed by atoms with van der Waals surface area (Å²) in [6.07, 6.45) is -7.77. The number of fused-ring (bicyclic) bond motifs is 1. The second-order valence-electron chi connectivity index (χ2n) is 10.4. The Morgan fingerprint density at radius 2 is 1.68 bits per heavy atom. The number of phosphoric acid groups is 2. The van der Waals surface area contributed by atoms with Gasteiger partial charge in [-0.2, -0.15) is 8.88 Å². The lowest BCUT2D eigenvalue weighted by Crippen LogP contribution is -2.46. The van der Waals surface area contributed by atoms with E-state index >= 15 is 0 Å². The number of carbonyl (C=O) groups is 1. The van der Waals surface area contributed by atoms with Crippen molar-refractivity contribution >= 4 is 50.2 Å². The first kappa shape index (κ1) is 35.7. The topological polar surface area (TPSA) is 305 Å². The van der Waals surface area contributed by atoms with E-state index in [0.29, 0.717) is 22.1 Å². The number of aliphatic hydroxyl groups excluding tert-OH is 4. The van der Waals surface area contributed by atoms with E-state index in [2.05, 4.69) is 14.3 Å². The summed E-state index contributed by atoms with van der Waals surface area (Å²) in [6.45, 7) is 0.0765. The number of rotatable bonds is 13. The van der Waals surface area contributed by atoms with Crippen LogP contribution in [0.15, 0.2) is 41.9 Å². The summed E-state index contributed by atoms with van der Waals surface area (Å²) in [4.78, 5) is 40.4. The van der Waals surface area contributed by atoms with Gasteiger partial charge in [0, 0.05) is 12.3 Å². The lowest BCUT2D eigenvalue weighted by molar-refractivity contribution is -0.765. The van der Waals surface area contributed by atoms with Crippen LogP contribution in [0.25, 0.3) is 11.2 Å². The van der Waals surface area contributed by atoms with Crippen molar-refractivity contribution < 1.29 is 71.5 Å². The number of ether oxygens (including phenoxy) is 2. The standard InChI is InChI=1S/C24H32N6O14P2S/c1-2-47-24-28-15-12(25)5-6-27-21(15)30(24)23-19(34)17(32)14(43-23)10-41-46(38,39)44-45(36,37)40-9-13-16(31)18(33)22(42-13)29-7-3-4-11(8-29)20(26)35/h3-8,13-14,16-19,22-23,31-34H,2,9-10H2,1H3,(H5-,25,26,27,35,36,37,38,39)/p+1/t13-,14-,16?,17+,18?,19?,22-,23-/m1/s1. The summed E-state index contributed by atoms with van der Waals surface area (Å²) in [5.74, 6) is -0.187. The minimum atomic E-state index is -5.39. The second kappa shape index (κ2) is 14.1. The normalized spacial score (nSPS) is 30.4. The molecular formula is C24H33N6O14P2S+.